The van der Waals surface area contributed by atoms with Gasteiger partial charge in [-0.3, -0.25) is 19.9 Å². The molecule has 1 unspecified atom stereocenters. The molecule has 4 aromatic rings. The molecule has 5 N–H and O–H groups in total. The molecule has 2 bridgehead atoms. The molecule has 7 atom stereocenters. The number of anilines is 1. The summed E-state index contributed by atoms with van der Waals surface area (Å²) in [4.78, 5) is 62.3. The number of aromatic nitrogens is 3. The molecule has 7 rings (SSSR count). The number of rotatable bonds is 20. The quantitative estimate of drug-likeness (QED) is 0.0359. The molecule has 3 aliphatic rings. The van der Waals surface area contributed by atoms with E-state index in [1.807, 2.05) is 22.9 Å². The number of aliphatic hydroxyl groups excluding tert-OH is 1. The molecule has 4 amide bonds. The van der Waals surface area contributed by atoms with Crippen molar-refractivity contribution < 1.29 is 82.4 Å². The van der Waals surface area contributed by atoms with Gasteiger partial charge in [0.1, 0.15) is 29.5 Å². The Bertz CT molecular complexity index is 2920. The van der Waals surface area contributed by atoms with Crippen molar-refractivity contribution in [3.05, 3.63) is 101 Å². The van der Waals surface area contributed by atoms with Crippen LogP contribution in [0.2, 0.25) is 0 Å². The third kappa shape index (κ3) is 14.5. The Kier molecular flexibility index (Phi) is 18.9. The SMILES string of the molecule is COC(=O)N[C@H](C(=O)N[C@@H](Cc1ccc(C#Cc2ccc(N3C[C@@H]4C[C@H]3CN4CC3CCO3)nc2)cc1)[C@@H](O)CN(Cc1c(F)cc(-c2ccn(C(F)F)n2)cc1F)NC(=O)[C@@H](NC(=O)OC)C(C)(C)C(F)(F)F)C(C)(C)C(F)(F)F. The smallest absolute Gasteiger partial charge is 0.407 e. The van der Waals surface area contributed by atoms with Crippen molar-refractivity contribution >= 4 is 29.8 Å². The number of alkyl carbamates (subject to hydrolysis) is 2. The van der Waals surface area contributed by atoms with E-state index >= 15 is 8.78 Å². The second-order valence-electron chi connectivity index (χ2n) is 21.0. The number of carbonyl (C=O) groups is 4. The predicted octanol–water partition coefficient (Wildman–Crippen LogP) is 6.62. The highest BCUT2D eigenvalue weighted by atomic mass is 19.4. The molecule has 3 fully saturated rings. The minimum absolute atomic E-state index is 0.199. The number of likely N-dealkylation sites (tertiary alicyclic amines) is 1. The summed E-state index contributed by atoms with van der Waals surface area (Å²) in [5.41, 5.74) is -4.42. The number of fused-ring (bicyclic) bond motifs is 2. The van der Waals surface area contributed by atoms with E-state index in [1.165, 1.54) is 12.1 Å². The summed E-state index contributed by atoms with van der Waals surface area (Å²) in [5.74, 6) is 0.783. The normalized spacial score (nSPS) is 19.0. The zero-order valence-corrected chi connectivity index (χ0v) is 44.6. The lowest BCUT2D eigenvalue weighted by molar-refractivity contribution is -0.221. The van der Waals surface area contributed by atoms with E-state index in [0.29, 0.717) is 68.0 Å². The lowest BCUT2D eigenvalue weighted by Crippen LogP contribution is -2.63. The van der Waals surface area contributed by atoms with Crippen LogP contribution in [-0.2, 0) is 36.8 Å². The number of nitrogens with one attached hydrogen (secondary N) is 4. The van der Waals surface area contributed by atoms with Crippen LogP contribution in [0, 0.1) is 34.3 Å². The molecule has 0 spiro atoms. The summed E-state index contributed by atoms with van der Waals surface area (Å²) in [6.45, 7) is 0.359. The molecule has 2 aromatic carbocycles. The number of pyridine rings is 1. The third-order valence-corrected chi connectivity index (χ3v) is 14.8. The van der Waals surface area contributed by atoms with Crippen LogP contribution in [0.3, 0.4) is 0 Å². The van der Waals surface area contributed by atoms with Crippen molar-refractivity contribution in [1.82, 2.24) is 46.0 Å². The molecular formula is C53H60F10N10O8. The summed E-state index contributed by atoms with van der Waals surface area (Å²) in [7, 11) is 1.60. The Balaban J connectivity index is 1.17. The fraction of sp³-hybridized carbons (Fsp3) is 0.509. The molecule has 2 aromatic heterocycles. The molecule has 18 nitrogen and oxygen atoms in total. The highest BCUT2D eigenvalue weighted by molar-refractivity contribution is 5.87. The van der Waals surface area contributed by atoms with Crippen molar-refractivity contribution in [3.63, 3.8) is 0 Å². The Morgan fingerprint density at radius 2 is 1.40 bits per heavy atom. The van der Waals surface area contributed by atoms with Crippen LogP contribution in [-0.4, -0.2) is 156 Å². The van der Waals surface area contributed by atoms with E-state index in [2.05, 4.69) is 46.5 Å². The number of benzene rings is 2. The zero-order valence-electron chi connectivity index (χ0n) is 44.6. The molecular weight excluding hydrogens is 1090 g/mol. The van der Waals surface area contributed by atoms with Gasteiger partial charge in [0.25, 0.3) is 5.91 Å². The maximum atomic E-state index is 16.0. The molecule has 0 radical (unpaired) electrons. The number of aliphatic hydroxyl groups is 1. The first kappa shape index (κ1) is 61.4. The Morgan fingerprint density at radius 1 is 0.815 bits per heavy atom. The van der Waals surface area contributed by atoms with Gasteiger partial charge in [-0.1, -0.05) is 24.0 Å². The van der Waals surface area contributed by atoms with Gasteiger partial charge in [-0.15, -0.1) is 0 Å². The van der Waals surface area contributed by atoms with Crippen LogP contribution in [0.15, 0.2) is 67.0 Å². The van der Waals surface area contributed by atoms with Gasteiger partial charge in [-0.05, 0) is 95.0 Å². The average Bonchev–Trinajstić information content (AvgIpc) is 4.17. The first-order valence-corrected chi connectivity index (χ1v) is 25.4. The van der Waals surface area contributed by atoms with Gasteiger partial charge in [0.05, 0.1) is 49.0 Å². The van der Waals surface area contributed by atoms with E-state index < -0.39 is 115 Å². The first-order valence-electron chi connectivity index (χ1n) is 25.4. The maximum Gasteiger partial charge on any atom is 0.407 e. The van der Waals surface area contributed by atoms with Gasteiger partial charge >= 0.3 is 31.1 Å². The van der Waals surface area contributed by atoms with E-state index in [-0.39, 0.29) is 27.6 Å². The van der Waals surface area contributed by atoms with Crippen molar-refractivity contribution in [3.8, 4) is 23.1 Å². The minimum atomic E-state index is -5.23. The number of nitrogens with zero attached hydrogens (tertiary/aromatic N) is 6. The molecule has 440 valence electrons. The Morgan fingerprint density at radius 3 is 1.89 bits per heavy atom. The average molecular weight is 1160 g/mol. The van der Waals surface area contributed by atoms with Crippen molar-refractivity contribution in [2.24, 2.45) is 10.8 Å². The summed E-state index contributed by atoms with van der Waals surface area (Å²) in [5, 5.41) is 22.1. The Hall–Kier alpha value is -7.22. The lowest BCUT2D eigenvalue weighted by Gasteiger charge is -2.38. The molecule has 0 saturated carbocycles. The standard InChI is InChI=1S/C53H60F10N10O8/c1-50(2,52(58,59)60)43(66-48(77)79-5)45(75)65-40(19-30-10-7-29(8-11-30)9-12-31-13-14-42(64-23-31)72-25-33-22-34(72)24-70(33)26-35-16-18-81-35)41(74)28-71(69-46(76)44(67-49(78)80-6)51(3,4)53(61,62)63)27-36-37(54)20-32(21-38(36)55)39-15-17-73(68-39)47(56)57/h7-8,10-11,13-15,17,20-21,23,33-35,40-41,43-44,47,74H,16,18-19,22,24-28H2,1-6H3,(H,65,75)(H,66,77)(H,67,78)(H,69,76)/t33-,34-,35?,40-,41-,43+,44+/m0/s1. The number of hydrogen-bond acceptors (Lipinski definition) is 13. The van der Waals surface area contributed by atoms with Gasteiger partial charge < -0.3 is 40.2 Å². The van der Waals surface area contributed by atoms with Crippen LogP contribution in [0.25, 0.3) is 11.3 Å². The number of carbonyl (C=O) groups excluding carboxylic acids is 4. The van der Waals surface area contributed by atoms with Crippen LogP contribution >= 0.6 is 0 Å². The first-order chi connectivity index (χ1) is 38.0. The largest absolute Gasteiger partial charge is 0.453 e. The van der Waals surface area contributed by atoms with Crippen molar-refractivity contribution in [2.75, 3.05) is 51.9 Å². The number of hydrogen-bond donors (Lipinski definition) is 5. The second-order valence-corrected chi connectivity index (χ2v) is 21.0. The van der Waals surface area contributed by atoms with Gasteiger partial charge in [0.2, 0.25) is 5.91 Å². The molecule has 28 heteroatoms. The molecule has 5 heterocycles. The molecule has 0 aliphatic carbocycles. The van der Waals surface area contributed by atoms with E-state index in [9.17, 15) is 59.4 Å². The molecule has 3 aliphatic heterocycles. The highest BCUT2D eigenvalue weighted by Crippen LogP contribution is 2.42. The van der Waals surface area contributed by atoms with Crippen molar-refractivity contribution in [1.29, 1.82) is 0 Å². The number of ether oxygens (including phenoxy) is 3. The maximum absolute atomic E-state index is 16.0. The zero-order chi connectivity index (χ0) is 59.4. The van der Waals surface area contributed by atoms with Crippen LogP contribution in [0.5, 0.6) is 0 Å². The number of amides is 4. The molecule has 3 saturated heterocycles. The summed E-state index contributed by atoms with van der Waals surface area (Å²) in [6.07, 6.45) is -11.1. The Labute approximate surface area is 458 Å². The highest BCUT2D eigenvalue weighted by Gasteiger charge is 2.57. The summed E-state index contributed by atoms with van der Waals surface area (Å²) >= 11 is 0. The summed E-state index contributed by atoms with van der Waals surface area (Å²) in [6, 6.07) is 6.08. The number of hydrazine groups is 1. The van der Waals surface area contributed by atoms with Gasteiger partial charge in [0, 0.05) is 86.1 Å². The van der Waals surface area contributed by atoms with E-state index in [4.69, 9.17) is 4.74 Å². The monoisotopic (exact) mass is 1150 g/mol. The van der Waals surface area contributed by atoms with E-state index in [1.54, 1.807) is 23.6 Å². The minimum Gasteiger partial charge on any atom is -0.453 e. The predicted molar refractivity (Wildman–Crippen MR) is 269 cm³/mol. The number of methoxy groups -OCH3 is 2. The van der Waals surface area contributed by atoms with Crippen LogP contribution in [0.4, 0.5) is 59.3 Å². The van der Waals surface area contributed by atoms with Gasteiger partial charge in [0.15, 0.2) is 0 Å². The fourth-order valence-electron chi connectivity index (χ4n) is 9.49. The molecule has 81 heavy (non-hydrogen) atoms. The number of alkyl halides is 8. The second kappa shape index (κ2) is 24.9. The third-order valence-electron chi connectivity index (χ3n) is 14.8. The van der Waals surface area contributed by atoms with Gasteiger partial charge in [-0.2, -0.15) is 40.2 Å². The van der Waals surface area contributed by atoms with Crippen LogP contribution in [0.1, 0.15) is 69.3 Å². The lowest BCUT2D eigenvalue weighted by atomic mass is 9.82. The van der Waals surface area contributed by atoms with Gasteiger partial charge in [-0.25, -0.2) is 33.0 Å². The van der Waals surface area contributed by atoms with Crippen LogP contribution < -0.4 is 26.3 Å². The summed E-state index contributed by atoms with van der Waals surface area (Å²) < 4.78 is 161. The van der Waals surface area contributed by atoms with Crippen molar-refractivity contribution in [2.45, 2.75) is 115 Å². The fourth-order valence-corrected chi connectivity index (χ4v) is 9.49. The van der Waals surface area contributed by atoms with E-state index in [0.717, 1.165) is 71.4 Å². The number of piperazine rings is 1. The number of halogens is 10. The topological polar surface area (TPSA) is 205 Å².